The number of rotatable bonds is 7. The topological polar surface area (TPSA) is 71.1 Å². The summed E-state index contributed by atoms with van der Waals surface area (Å²) in [5.41, 5.74) is 4.04. The maximum atomic E-state index is 12.1. The smallest absolute Gasteiger partial charge is 0.342 e. The molecule has 0 unspecified atom stereocenters. The van der Waals surface area contributed by atoms with E-state index in [1.807, 2.05) is 19.9 Å². The van der Waals surface area contributed by atoms with Crippen LogP contribution in [0, 0.1) is 6.92 Å². The number of hydrogen-bond acceptors (Lipinski definition) is 6. The maximum absolute atomic E-state index is 12.1. The Kier molecular flexibility index (Phi) is 6.07. The molecule has 1 heterocycles. The number of esters is 2. The molecule has 1 aliphatic rings. The van der Waals surface area contributed by atoms with Crippen molar-refractivity contribution >= 4 is 11.9 Å². The second kappa shape index (κ2) is 8.05. The van der Waals surface area contributed by atoms with Gasteiger partial charge in [-0.05, 0) is 32.3 Å². The third kappa shape index (κ3) is 3.78. The number of methoxy groups -OCH3 is 3. The SMILES string of the molecule is COC(=O)CC/C(C)=C/Cc1c(OC)c(C)c2c(c1OC)C(=O)OC2. The average Bonchev–Trinajstić information content (AvgIpc) is 3.00. The molecule has 0 atom stereocenters. The molecular formula is C19H24O6. The van der Waals surface area contributed by atoms with E-state index in [1.54, 1.807) is 7.11 Å². The molecule has 0 saturated heterocycles. The zero-order chi connectivity index (χ0) is 18.6. The van der Waals surface area contributed by atoms with Crippen LogP contribution in [0.3, 0.4) is 0 Å². The molecule has 0 saturated carbocycles. The highest BCUT2D eigenvalue weighted by molar-refractivity contribution is 5.98. The van der Waals surface area contributed by atoms with E-state index < -0.39 is 0 Å². The molecule has 136 valence electrons. The fourth-order valence-electron chi connectivity index (χ4n) is 3.01. The van der Waals surface area contributed by atoms with Crippen LogP contribution in [0.15, 0.2) is 11.6 Å². The molecule has 0 amide bonds. The third-order valence-corrected chi connectivity index (χ3v) is 4.44. The molecule has 25 heavy (non-hydrogen) atoms. The number of carbonyl (C=O) groups excluding carboxylic acids is 2. The molecule has 2 rings (SSSR count). The van der Waals surface area contributed by atoms with Crippen LogP contribution in [0.2, 0.25) is 0 Å². The first-order valence-corrected chi connectivity index (χ1v) is 8.10. The fourth-order valence-corrected chi connectivity index (χ4v) is 3.01. The van der Waals surface area contributed by atoms with Gasteiger partial charge in [0.15, 0.2) is 0 Å². The lowest BCUT2D eigenvalue weighted by atomic mass is 9.94. The van der Waals surface area contributed by atoms with E-state index >= 15 is 0 Å². The van der Waals surface area contributed by atoms with Crippen LogP contribution >= 0.6 is 0 Å². The normalized spacial score (nSPS) is 13.3. The lowest BCUT2D eigenvalue weighted by Crippen LogP contribution is -2.06. The highest BCUT2D eigenvalue weighted by atomic mass is 16.5. The highest BCUT2D eigenvalue weighted by Gasteiger charge is 2.32. The predicted molar refractivity (Wildman–Crippen MR) is 92.1 cm³/mol. The molecule has 0 radical (unpaired) electrons. The highest BCUT2D eigenvalue weighted by Crippen LogP contribution is 2.42. The number of fused-ring (bicyclic) bond motifs is 1. The van der Waals surface area contributed by atoms with Gasteiger partial charge in [-0.2, -0.15) is 0 Å². The first-order valence-electron chi connectivity index (χ1n) is 8.10. The molecule has 0 aliphatic carbocycles. The molecule has 0 spiro atoms. The van der Waals surface area contributed by atoms with Gasteiger partial charge in [-0.1, -0.05) is 11.6 Å². The average molecular weight is 348 g/mol. The summed E-state index contributed by atoms with van der Waals surface area (Å²) in [6, 6.07) is 0. The fraction of sp³-hybridized carbons (Fsp3) is 0.474. The summed E-state index contributed by atoms with van der Waals surface area (Å²) in [5.74, 6) is 0.590. The van der Waals surface area contributed by atoms with Crippen molar-refractivity contribution in [2.24, 2.45) is 0 Å². The monoisotopic (exact) mass is 348 g/mol. The van der Waals surface area contributed by atoms with Gasteiger partial charge in [-0.25, -0.2) is 4.79 Å². The van der Waals surface area contributed by atoms with Gasteiger partial charge in [0.05, 0.1) is 21.3 Å². The molecule has 0 aromatic heterocycles. The summed E-state index contributed by atoms with van der Waals surface area (Å²) >= 11 is 0. The second-order valence-corrected chi connectivity index (χ2v) is 5.93. The minimum atomic E-state index is -0.370. The van der Waals surface area contributed by atoms with Gasteiger partial charge in [0.1, 0.15) is 23.7 Å². The second-order valence-electron chi connectivity index (χ2n) is 5.93. The number of benzene rings is 1. The number of carbonyl (C=O) groups is 2. The Morgan fingerprint density at radius 3 is 2.44 bits per heavy atom. The van der Waals surface area contributed by atoms with E-state index in [9.17, 15) is 9.59 Å². The Morgan fingerprint density at radius 2 is 1.84 bits per heavy atom. The van der Waals surface area contributed by atoms with Gasteiger partial charge in [0.2, 0.25) is 0 Å². The molecular weight excluding hydrogens is 324 g/mol. The summed E-state index contributed by atoms with van der Waals surface area (Å²) in [6.45, 7) is 4.10. The van der Waals surface area contributed by atoms with Gasteiger partial charge >= 0.3 is 11.9 Å². The van der Waals surface area contributed by atoms with E-state index in [2.05, 4.69) is 4.74 Å². The van der Waals surface area contributed by atoms with Crippen molar-refractivity contribution < 1.29 is 28.5 Å². The van der Waals surface area contributed by atoms with Crippen LogP contribution in [0.4, 0.5) is 0 Å². The van der Waals surface area contributed by atoms with Crippen molar-refractivity contribution in [1.82, 2.24) is 0 Å². The molecule has 1 aromatic rings. The minimum Gasteiger partial charge on any atom is -0.496 e. The summed E-state index contributed by atoms with van der Waals surface area (Å²) in [5, 5.41) is 0. The molecule has 0 fully saturated rings. The van der Waals surface area contributed by atoms with Crippen LogP contribution < -0.4 is 9.47 Å². The van der Waals surface area contributed by atoms with Crippen molar-refractivity contribution in [3.63, 3.8) is 0 Å². The molecule has 0 bridgehead atoms. The van der Waals surface area contributed by atoms with Crippen LogP contribution in [0.5, 0.6) is 11.5 Å². The Hall–Kier alpha value is -2.50. The Labute approximate surface area is 147 Å². The maximum Gasteiger partial charge on any atom is 0.342 e. The van der Waals surface area contributed by atoms with Crippen molar-refractivity contribution in [1.29, 1.82) is 0 Å². The molecule has 1 aliphatic heterocycles. The summed E-state index contributed by atoms with van der Waals surface area (Å²) in [4.78, 5) is 23.3. The van der Waals surface area contributed by atoms with Crippen LogP contribution in [-0.4, -0.2) is 33.3 Å². The predicted octanol–water partition coefficient (Wildman–Crippen LogP) is 3.12. The molecule has 1 aromatic carbocycles. The summed E-state index contributed by atoms with van der Waals surface area (Å²) < 4.78 is 20.9. The van der Waals surface area contributed by atoms with Crippen molar-refractivity contribution in [2.45, 2.75) is 39.7 Å². The number of allylic oxidation sites excluding steroid dienone is 2. The van der Waals surface area contributed by atoms with Gasteiger partial charge in [-0.3, -0.25) is 4.79 Å². The lowest BCUT2D eigenvalue weighted by molar-refractivity contribution is -0.140. The number of ether oxygens (including phenoxy) is 4. The van der Waals surface area contributed by atoms with E-state index in [-0.39, 0.29) is 18.5 Å². The van der Waals surface area contributed by atoms with Gasteiger partial charge in [0, 0.05) is 17.5 Å². The largest absolute Gasteiger partial charge is 0.496 e. The Balaban J connectivity index is 2.37. The standard InChI is InChI=1S/C19H24O6/c1-11(7-9-15(20)22-3)6-8-13-17(23-4)12(2)14-10-25-19(21)16(14)18(13)24-5/h6H,7-10H2,1-5H3/b11-6+. The first kappa shape index (κ1) is 18.8. The third-order valence-electron chi connectivity index (χ3n) is 4.44. The first-order chi connectivity index (χ1) is 11.9. The lowest BCUT2D eigenvalue weighted by Gasteiger charge is -2.18. The van der Waals surface area contributed by atoms with E-state index in [0.29, 0.717) is 36.3 Å². The zero-order valence-corrected chi connectivity index (χ0v) is 15.4. The van der Waals surface area contributed by atoms with Crippen molar-refractivity contribution in [3.05, 3.63) is 33.9 Å². The van der Waals surface area contributed by atoms with Gasteiger partial charge < -0.3 is 18.9 Å². The molecule has 0 N–H and O–H groups in total. The van der Waals surface area contributed by atoms with E-state index in [1.165, 1.54) is 14.2 Å². The summed E-state index contributed by atoms with van der Waals surface area (Å²) in [7, 11) is 4.51. The van der Waals surface area contributed by atoms with E-state index in [4.69, 9.17) is 14.2 Å². The van der Waals surface area contributed by atoms with Crippen LogP contribution in [-0.2, 0) is 27.3 Å². The van der Waals surface area contributed by atoms with Gasteiger partial charge in [-0.15, -0.1) is 0 Å². The summed E-state index contributed by atoms with van der Waals surface area (Å²) in [6.07, 6.45) is 3.49. The number of cyclic esters (lactones) is 1. The Bertz CT molecular complexity index is 717. The molecule has 6 heteroatoms. The van der Waals surface area contributed by atoms with Crippen molar-refractivity contribution in [2.75, 3.05) is 21.3 Å². The molecule has 6 nitrogen and oxygen atoms in total. The minimum absolute atomic E-state index is 0.237. The van der Waals surface area contributed by atoms with Crippen molar-refractivity contribution in [3.8, 4) is 11.5 Å². The quantitative estimate of drug-likeness (QED) is 0.557. The van der Waals surface area contributed by atoms with E-state index in [0.717, 1.165) is 22.3 Å². The van der Waals surface area contributed by atoms with Crippen LogP contribution in [0.1, 0.15) is 46.8 Å². The Morgan fingerprint density at radius 1 is 1.16 bits per heavy atom. The van der Waals surface area contributed by atoms with Gasteiger partial charge in [0.25, 0.3) is 0 Å². The van der Waals surface area contributed by atoms with Crippen LogP contribution in [0.25, 0.3) is 0 Å². The zero-order valence-electron chi connectivity index (χ0n) is 15.4. The number of hydrogen-bond donors (Lipinski definition) is 0.